The van der Waals surface area contributed by atoms with Crippen LogP contribution in [-0.4, -0.2) is 15.6 Å². The molecule has 0 bridgehead atoms. The molecule has 1 nitrogen and oxygen atoms in total. The Kier molecular flexibility index (Phi) is 11.0. The average molecular weight is 289 g/mol. The molecule has 2 unspecified atom stereocenters. The van der Waals surface area contributed by atoms with Crippen LogP contribution in [-0.2, 0) is 4.79 Å². The first-order chi connectivity index (χ1) is 8.51. The zero-order chi connectivity index (χ0) is 14.0. The second-order valence-corrected chi connectivity index (χ2v) is 6.99. The van der Waals surface area contributed by atoms with Gasteiger partial charge in [-0.25, -0.2) is 0 Å². The van der Waals surface area contributed by atoms with Crippen LogP contribution in [0.2, 0.25) is 0 Å². The van der Waals surface area contributed by atoms with Gasteiger partial charge in [-0.05, 0) is 31.8 Å². The smallest absolute Gasteiger partial charge is 0.214 e. The number of hydrogen-bond acceptors (Lipinski definition) is 3. The van der Waals surface area contributed by atoms with Crippen LogP contribution in [0.25, 0.3) is 0 Å². The second-order valence-electron chi connectivity index (χ2n) is 4.98. The van der Waals surface area contributed by atoms with Gasteiger partial charge in [-0.2, -0.15) is 12.6 Å². The van der Waals surface area contributed by atoms with Gasteiger partial charge in [-0.1, -0.05) is 57.9 Å². The summed E-state index contributed by atoms with van der Waals surface area (Å²) >= 11 is 6.09. The first-order valence-corrected chi connectivity index (χ1v) is 8.45. The van der Waals surface area contributed by atoms with Crippen LogP contribution in [0.15, 0.2) is 12.2 Å². The fourth-order valence-electron chi connectivity index (χ4n) is 1.85. The molecule has 0 aromatic rings. The van der Waals surface area contributed by atoms with Gasteiger partial charge in [0, 0.05) is 10.5 Å². The van der Waals surface area contributed by atoms with E-state index in [0.717, 1.165) is 25.7 Å². The number of thioether (sulfide) groups is 1. The molecule has 0 aliphatic carbocycles. The van der Waals surface area contributed by atoms with Crippen LogP contribution < -0.4 is 0 Å². The lowest BCUT2D eigenvalue weighted by Crippen LogP contribution is -2.14. The molecular formula is C15H28OS2. The zero-order valence-electron chi connectivity index (χ0n) is 12.1. The van der Waals surface area contributed by atoms with Crippen LogP contribution >= 0.6 is 24.4 Å². The summed E-state index contributed by atoms with van der Waals surface area (Å²) in [6, 6.07) is 0. The van der Waals surface area contributed by atoms with Crippen molar-refractivity contribution in [1.29, 1.82) is 0 Å². The Labute approximate surface area is 123 Å². The van der Waals surface area contributed by atoms with Crippen molar-refractivity contribution in [3.05, 3.63) is 12.2 Å². The number of unbranched alkanes of at least 4 members (excludes halogenated alkanes) is 2. The van der Waals surface area contributed by atoms with Crippen LogP contribution in [0.5, 0.6) is 0 Å². The fourth-order valence-corrected chi connectivity index (χ4v) is 3.63. The van der Waals surface area contributed by atoms with Gasteiger partial charge in [0.05, 0.1) is 0 Å². The van der Waals surface area contributed by atoms with Gasteiger partial charge in [0.25, 0.3) is 0 Å². The highest BCUT2D eigenvalue weighted by Gasteiger charge is 2.18. The number of rotatable bonds is 10. The molecule has 0 N–H and O–H groups in total. The highest BCUT2D eigenvalue weighted by molar-refractivity contribution is 8.14. The quantitative estimate of drug-likeness (QED) is 0.335. The van der Waals surface area contributed by atoms with Crippen molar-refractivity contribution in [2.45, 2.75) is 76.2 Å². The molecule has 0 spiro atoms. The van der Waals surface area contributed by atoms with Crippen molar-refractivity contribution in [2.75, 3.05) is 0 Å². The maximum absolute atomic E-state index is 11.8. The Morgan fingerprint density at radius 2 is 1.89 bits per heavy atom. The Hall–Kier alpha value is 0.110. The summed E-state index contributed by atoms with van der Waals surface area (Å²) in [5.74, 6) is 0. The first kappa shape index (κ1) is 18.1. The van der Waals surface area contributed by atoms with Crippen molar-refractivity contribution >= 4 is 29.5 Å². The monoisotopic (exact) mass is 288 g/mol. The van der Waals surface area contributed by atoms with Gasteiger partial charge < -0.3 is 0 Å². The minimum atomic E-state index is 0.147. The van der Waals surface area contributed by atoms with E-state index in [0.29, 0.717) is 16.1 Å². The molecule has 18 heavy (non-hydrogen) atoms. The Morgan fingerprint density at radius 3 is 2.39 bits per heavy atom. The van der Waals surface area contributed by atoms with E-state index in [1.165, 1.54) is 31.0 Å². The first-order valence-electron chi connectivity index (χ1n) is 7.05. The van der Waals surface area contributed by atoms with Crippen molar-refractivity contribution in [1.82, 2.24) is 0 Å². The number of hydrogen-bond donors (Lipinski definition) is 1. The molecule has 0 saturated heterocycles. The van der Waals surface area contributed by atoms with Crippen LogP contribution in [0.3, 0.4) is 0 Å². The summed E-state index contributed by atoms with van der Waals surface area (Å²) in [7, 11) is 0. The van der Waals surface area contributed by atoms with Crippen LogP contribution in [0.1, 0.15) is 65.7 Å². The van der Waals surface area contributed by atoms with Gasteiger partial charge in [-0.3, -0.25) is 4.79 Å². The molecule has 0 aliphatic rings. The molecule has 0 aliphatic heterocycles. The summed E-state index contributed by atoms with van der Waals surface area (Å²) < 4.78 is 0. The van der Waals surface area contributed by atoms with Crippen molar-refractivity contribution < 1.29 is 4.79 Å². The third kappa shape index (κ3) is 9.09. The Balaban J connectivity index is 4.23. The fraction of sp³-hybridized carbons (Fsp3) is 0.800. The van der Waals surface area contributed by atoms with Crippen LogP contribution in [0, 0.1) is 0 Å². The van der Waals surface area contributed by atoms with Gasteiger partial charge in [0.15, 0.2) is 0 Å². The average Bonchev–Trinajstić information content (AvgIpc) is 2.29. The molecule has 106 valence electrons. The molecule has 0 aromatic carbocycles. The van der Waals surface area contributed by atoms with Crippen molar-refractivity contribution in [2.24, 2.45) is 0 Å². The van der Waals surface area contributed by atoms with Crippen molar-refractivity contribution in [3.8, 4) is 0 Å². The van der Waals surface area contributed by atoms with E-state index < -0.39 is 0 Å². The van der Waals surface area contributed by atoms with Gasteiger partial charge in [-0.15, -0.1) is 0 Å². The molecule has 0 heterocycles. The van der Waals surface area contributed by atoms with E-state index in [1.807, 2.05) is 0 Å². The topological polar surface area (TPSA) is 17.1 Å². The summed E-state index contributed by atoms with van der Waals surface area (Å²) in [4.78, 5) is 11.8. The maximum Gasteiger partial charge on any atom is 0.214 e. The van der Waals surface area contributed by atoms with E-state index in [-0.39, 0.29) is 5.12 Å². The third-order valence-electron chi connectivity index (χ3n) is 2.91. The molecule has 0 amide bonds. The summed E-state index contributed by atoms with van der Waals surface area (Å²) in [5.41, 5.74) is 0.659. The molecule has 0 fully saturated rings. The van der Waals surface area contributed by atoms with E-state index >= 15 is 0 Å². The molecule has 3 heteroatoms. The van der Waals surface area contributed by atoms with Gasteiger partial charge >= 0.3 is 0 Å². The third-order valence-corrected chi connectivity index (χ3v) is 4.70. The highest BCUT2D eigenvalue weighted by atomic mass is 32.2. The molecular weight excluding hydrogens is 260 g/mol. The minimum absolute atomic E-state index is 0.147. The lowest BCUT2D eigenvalue weighted by molar-refractivity contribution is -0.107. The number of thiol groups is 1. The predicted octanol–water partition coefficient (Wildman–Crippen LogP) is 5.26. The molecule has 0 saturated carbocycles. The molecule has 2 atom stereocenters. The Morgan fingerprint density at radius 1 is 1.22 bits per heavy atom. The second kappa shape index (κ2) is 11.0. The van der Waals surface area contributed by atoms with Gasteiger partial charge in [0.1, 0.15) is 0 Å². The van der Waals surface area contributed by atoms with Crippen LogP contribution in [0.4, 0.5) is 0 Å². The Bertz CT molecular complexity index is 251. The molecule has 0 rings (SSSR count). The standard InChI is InChI=1S/C15H28OS2/c1-5-7-8-10-14(11-13(17)9-6-2)18-15(16)12(3)4/h13-14,17H,3,5-11H2,1-2,4H3. The predicted molar refractivity (Wildman–Crippen MR) is 87.6 cm³/mol. The number of carbonyl (C=O) groups excluding carboxylic acids is 1. The molecule has 0 aromatic heterocycles. The highest BCUT2D eigenvalue weighted by Crippen LogP contribution is 2.28. The van der Waals surface area contributed by atoms with E-state index in [4.69, 9.17) is 0 Å². The minimum Gasteiger partial charge on any atom is -0.282 e. The normalized spacial score (nSPS) is 14.2. The largest absolute Gasteiger partial charge is 0.282 e. The molecule has 0 radical (unpaired) electrons. The summed E-state index contributed by atoms with van der Waals surface area (Å²) in [6.45, 7) is 9.91. The lowest BCUT2D eigenvalue weighted by Gasteiger charge is -2.19. The van der Waals surface area contributed by atoms with E-state index in [1.54, 1.807) is 6.92 Å². The SMILES string of the molecule is C=C(C)C(=O)SC(CCCCC)CC(S)CCC. The lowest BCUT2D eigenvalue weighted by atomic mass is 10.1. The van der Waals surface area contributed by atoms with E-state index in [2.05, 4.69) is 33.1 Å². The maximum atomic E-state index is 11.8. The van der Waals surface area contributed by atoms with Gasteiger partial charge in [0.2, 0.25) is 5.12 Å². The van der Waals surface area contributed by atoms with E-state index in [9.17, 15) is 4.79 Å². The summed E-state index contributed by atoms with van der Waals surface area (Å²) in [6.07, 6.45) is 8.14. The van der Waals surface area contributed by atoms with Crippen molar-refractivity contribution in [3.63, 3.8) is 0 Å². The zero-order valence-corrected chi connectivity index (χ0v) is 13.8. The summed E-state index contributed by atoms with van der Waals surface area (Å²) in [5, 5.41) is 0.982. The number of carbonyl (C=O) groups is 1.